The van der Waals surface area contributed by atoms with E-state index >= 15 is 0 Å². The highest BCUT2D eigenvalue weighted by Gasteiger charge is 2.05. The number of rotatable bonds is 4. The first kappa shape index (κ1) is 10.9. The second-order valence-electron chi connectivity index (χ2n) is 2.60. The molecule has 0 atom stereocenters. The van der Waals surface area contributed by atoms with Gasteiger partial charge < -0.3 is 5.32 Å². The monoisotopic (exact) mass is 259 g/mol. The van der Waals surface area contributed by atoms with E-state index in [0.29, 0.717) is 6.54 Å². The number of hydrogen-bond acceptors (Lipinski definition) is 3. The smallest absolute Gasteiger partial charge is 0.271 e. The van der Waals surface area contributed by atoms with Crippen LogP contribution >= 0.6 is 15.9 Å². The molecule has 1 amide bonds. The van der Waals surface area contributed by atoms with Gasteiger partial charge in [0.1, 0.15) is 5.69 Å². The highest BCUT2D eigenvalue weighted by Crippen LogP contribution is 1.89. The molecule has 14 heavy (non-hydrogen) atoms. The largest absolute Gasteiger partial charge is 0.351 e. The third kappa shape index (κ3) is 3.29. The van der Waals surface area contributed by atoms with Crippen LogP contribution in [0.4, 0.5) is 0 Å². The maximum atomic E-state index is 11.3. The Bertz CT molecular complexity index is 343. The molecule has 0 radical (unpaired) electrons. The van der Waals surface area contributed by atoms with Crippen LogP contribution < -0.4 is 10.9 Å². The van der Waals surface area contributed by atoms with E-state index in [4.69, 9.17) is 0 Å². The Labute approximate surface area is 89.0 Å². The Kier molecular flexibility index (Phi) is 4.31. The van der Waals surface area contributed by atoms with Gasteiger partial charge in [0.2, 0.25) is 0 Å². The number of aromatic nitrogens is 2. The number of nitrogens with one attached hydrogen (secondary N) is 2. The van der Waals surface area contributed by atoms with Gasteiger partial charge in [-0.05, 0) is 12.5 Å². The number of aromatic amines is 1. The molecule has 0 saturated carbocycles. The van der Waals surface area contributed by atoms with Crippen molar-refractivity contribution >= 4 is 21.8 Å². The molecule has 0 bridgehead atoms. The first-order chi connectivity index (χ1) is 6.74. The lowest BCUT2D eigenvalue weighted by Crippen LogP contribution is -2.26. The maximum Gasteiger partial charge on any atom is 0.271 e. The van der Waals surface area contributed by atoms with Crippen LogP contribution in [-0.4, -0.2) is 28.0 Å². The van der Waals surface area contributed by atoms with Crippen LogP contribution in [0.2, 0.25) is 0 Å². The van der Waals surface area contributed by atoms with Crippen LogP contribution in [0, 0.1) is 0 Å². The van der Waals surface area contributed by atoms with Gasteiger partial charge in [0, 0.05) is 17.9 Å². The minimum atomic E-state index is -0.318. The number of nitrogens with zero attached hydrogens (tertiary/aromatic N) is 1. The summed E-state index contributed by atoms with van der Waals surface area (Å²) in [4.78, 5) is 22.0. The van der Waals surface area contributed by atoms with Gasteiger partial charge in [-0.2, -0.15) is 5.10 Å². The van der Waals surface area contributed by atoms with Gasteiger partial charge in [-0.15, -0.1) is 0 Å². The summed E-state index contributed by atoms with van der Waals surface area (Å²) in [7, 11) is 0. The number of H-pyrrole nitrogens is 1. The molecule has 0 aliphatic heterocycles. The van der Waals surface area contributed by atoms with Gasteiger partial charge in [-0.1, -0.05) is 15.9 Å². The van der Waals surface area contributed by atoms with E-state index in [9.17, 15) is 9.59 Å². The average molecular weight is 260 g/mol. The average Bonchev–Trinajstić information content (AvgIpc) is 2.19. The van der Waals surface area contributed by atoms with E-state index in [1.54, 1.807) is 0 Å². The standard InChI is InChI=1S/C8H10BrN3O2/c9-4-1-5-10-8(14)6-2-3-7(13)12-11-6/h2-3H,1,4-5H2,(H,10,14)(H,12,13). The van der Waals surface area contributed by atoms with Crippen molar-refractivity contribution < 1.29 is 4.79 Å². The molecule has 0 aromatic carbocycles. The topological polar surface area (TPSA) is 74.8 Å². The lowest BCUT2D eigenvalue weighted by molar-refractivity contribution is 0.0947. The van der Waals surface area contributed by atoms with Gasteiger partial charge >= 0.3 is 0 Å². The Hall–Kier alpha value is -1.17. The number of amides is 1. The summed E-state index contributed by atoms with van der Waals surface area (Å²) in [6, 6.07) is 2.66. The zero-order valence-electron chi connectivity index (χ0n) is 7.42. The Balaban J connectivity index is 2.52. The number of hydrogen-bond donors (Lipinski definition) is 2. The maximum absolute atomic E-state index is 11.3. The molecule has 1 aromatic heterocycles. The summed E-state index contributed by atoms with van der Waals surface area (Å²) in [5.74, 6) is -0.276. The summed E-state index contributed by atoms with van der Waals surface area (Å²) in [5, 5.41) is 9.30. The summed E-state index contributed by atoms with van der Waals surface area (Å²) < 4.78 is 0. The minimum Gasteiger partial charge on any atom is -0.351 e. The normalized spacial score (nSPS) is 9.79. The predicted octanol–water partition coefficient (Wildman–Crippen LogP) is 0.285. The summed E-state index contributed by atoms with van der Waals surface area (Å²) >= 11 is 3.25. The molecule has 0 saturated heterocycles. The quantitative estimate of drug-likeness (QED) is 0.603. The molecular weight excluding hydrogens is 250 g/mol. The summed E-state index contributed by atoms with van der Waals surface area (Å²) in [6.45, 7) is 0.588. The van der Waals surface area contributed by atoms with Gasteiger partial charge in [-0.3, -0.25) is 9.59 Å². The van der Waals surface area contributed by atoms with Crippen molar-refractivity contribution in [2.45, 2.75) is 6.42 Å². The predicted molar refractivity (Wildman–Crippen MR) is 55.6 cm³/mol. The molecule has 1 heterocycles. The molecule has 76 valence electrons. The second kappa shape index (κ2) is 5.54. The molecule has 1 rings (SSSR count). The molecule has 2 N–H and O–H groups in total. The van der Waals surface area contributed by atoms with Crippen LogP contribution in [-0.2, 0) is 0 Å². The molecule has 0 fully saturated rings. The van der Waals surface area contributed by atoms with E-state index in [-0.39, 0.29) is 17.2 Å². The first-order valence-corrected chi connectivity index (χ1v) is 5.26. The molecule has 0 spiro atoms. The Morgan fingerprint density at radius 2 is 2.36 bits per heavy atom. The van der Waals surface area contributed by atoms with E-state index in [0.717, 1.165) is 11.8 Å². The fourth-order valence-corrected chi connectivity index (χ4v) is 1.11. The van der Waals surface area contributed by atoms with Crippen molar-refractivity contribution in [3.8, 4) is 0 Å². The molecule has 0 unspecified atom stereocenters. The highest BCUT2D eigenvalue weighted by atomic mass is 79.9. The zero-order chi connectivity index (χ0) is 10.4. The van der Waals surface area contributed by atoms with Crippen molar-refractivity contribution in [3.05, 3.63) is 28.2 Å². The fourth-order valence-electron chi connectivity index (χ4n) is 0.830. The molecule has 6 heteroatoms. The van der Waals surface area contributed by atoms with Crippen LogP contribution in [0.1, 0.15) is 16.9 Å². The van der Waals surface area contributed by atoms with E-state index < -0.39 is 0 Å². The fraction of sp³-hybridized carbons (Fsp3) is 0.375. The number of carbonyl (C=O) groups is 1. The molecule has 0 aliphatic carbocycles. The summed E-state index contributed by atoms with van der Waals surface area (Å²) in [5.41, 5.74) is -0.0961. The van der Waals surface area contributed by atoms with Gasteiger partial charge in [-0.25, -0.2) is 5.10 Å². The molecule has 1 aromatic rings. The lowest BCUT2D eigenvalue weighted by Gasteiger charge is -2.01. The van der Waals surface area contributed by atoms with Gasteiger partial charge in [0.05, 0.1) is 0 Å². The van der Waals surface area contributed by atoms with Gasteiger partial charge in [0.25, 0.3) is 11.5 Å². The van der Waals surface area contributed by atoms with Crippen molar-refractivity contribution in [3.63, 3.8) is 0 Å². The van der Waals surface area contributed by atoms with Gasteiger partial charge in [0.15, 0.2) is 0 Å². The van der Waals surface area contributed by atoms with Crippen LogP contribution in [0.3, 0.4) is 0 Å². The SMILES string of the molecule is O=C(NCCCBr)c1ccc(=O)[nH]n1. The van der Waals surface area contributed by atoms with Crippen molar-refractivity contribution in [1.82, 2.24) is 15.5 Å². The zero-order valence-corrected chi connectivity index (χ0v) is 9.00. The Morgan fingerprint density at radius 3 is 2.93 bits per heavy atom. The second-order valence-corrected chi connectivity index (χ2v) is 3.40. The number of carbonyl (C=O) groups excluding carboxylic acids is 1. The van der Waals surface area contributed by atoms with E-state index in [1.165, 1.54) is 12.1 Å². The highest BCUT2D eigenvalue weighted by molar-refractivity contribution is 9.09. The number of halogens is 1. The first-order valence-electron chi connectivity index (χ1n) is 4.14. The van der Waals surface area contributed by atoms with Crippen LogP contribution in [0.15, 0.2) is 16.9 Å². The van der Waals surface area contributed by atoms with Crippen molar-refractivity contribution in [2.24, 2.45) is 0 Å². The van der Waals surface area contributed by atoms with Crippen LogP contribution in [0.25, 0.3) is 0 Å². The minimum absolute atomic E-state index is 0.221. The Morgan fingerprint density at radius 1 is 1.57 bits per heavy atom. The van der Waals surface area contributed by atoms with E-state index in [2.05, 4.69) is 31.4 Å². The molecule has 0 aliphatic rings. The van der Waals surface area contributed by atoms with Crippen molar-refractivity contribution in [1.29, 1.82) is 0 Å². The lowest BCUT2D eigenvalue weighted by atomic mass is 10.3. The third-order valence-corrected chi connectivity index (χ3v) is 2.07. The van der Waals surface area contributed by atoms with E-state index in [1.807, 2.05) is 0 Å². The number of alkyl halides is 1. The molecule has 5 nitrogen and oxygen atoms in total. The van der Waals surface area contributed by atoms with Crippen molar-refractivity contribution in [2.75, 3.05) is 11.9 Å². The summed E-state index contributed by atoms with van der Waals surface area (Å²) in [6.07, 6.45) is 0.856. The molecular formula is C8H10BrN3O2. The van der Waals surface area contributed by atoms with Crippen LogP contribution in [0.5, 0.6) is 0 Å². The third-order valence-electron chi connectivity index (χ3n) is 1.51.